The van der Waals surface area contributed by atoms with E-state index in [1.165, 1.54) is 16.2 Å². The number of alkyl halides is 3. The Morgan fingerprint density at radius 1 is 1.12 bits per heavy atom. The van der Waals surface area contributed by atoms with Crippen molar-refractivity contribution in [2.24, 2.45) is 10.9 Å². The van der Waals surface area contributed by atoms with Crippen LogP contribution in [0.1, 0.15) is 39.0 Å². The van der Waals surface area contributed by atoms with E-state index in [4.69, 9.17) is 0 Å². The molecule has 2 fully saturated rings. The number of rotatable bonds is 9. The second-order valence-corrected chi connectivity index (χ2v) is 8.81. The molecule has 0 aromatic heterocycles. The molecular weight excluding hydrogens is 536 g/mol. The van der Waals surface area contributed by atoms with Crippen molar-refractivity contribution in [3.05, 3.63) is 0 Å². The number of guanidine groups is 1. The molecule has 11 heteroatoms. The van der Waals surface area contributed by atoms with Crippen LogP contribution in [-0.2, 0) is 4.79 Å². The molecule has 0 aromatic rings. The van der Waals surface area contributed by atoms with Crippen molar-refractivity contribution in [1.82, 2.24) is 25.3 Å². The number of hydrogen-bond donors (Lipinski definition) is 2. The van der Waals surface area contributed by atoms with Gasteiger partial charge in [0.1, 0.15) is 6.54 Å². The van der Waals surface area contributed by atoms with Crippen LogP contribution in [0.2, 0.25) is 0 Å². The molecule has 1 amide bonds. The summed E-state index contributed by atoms with van der Waals surface area (Å²) in [6, 6.07) is 0.472. The van der Waals surface area contributed by atoms with Crippen LogP contribution in [0.15, 0.2) is 4.99 Å². The lowest BCUT2D eigenvalue weighted by molar-refractivity contribution is -0.148. The Morgan fingerprint density at radius 3 is 2.41 bits per heavy atom. The maximum absolute atomic E-state index is 12.5. The van der Waals surface area contributed by atoms with Crippen molar-refractivity contribution in [3.63, 3.8) is 0 Å². The fourth-order valence-corrected chi connectivity index (χ4v) is 4.30. The minimum absolute atomic E-state index is 0. The molecule has 2 aliphatic heterocycles. The van der Waals surface area contributed by atoms with Crippen molar-refractivity contribution in [1.29, 1.82) is 0 Å². The first kappa shape index (κ1) is 29.2. The second-order valence-electron chi connectivity index (χ2n) is 8.81. The summed E-state index contributed by atoms with van der Waals surface area (Å²) in [7, 11) is 3.42. The molecule has 1 atom stereocenters. The predicted molar refractivity (Wildman–Crippen MR) is 133 cm³/mol. The molecule has 0 aromatic carbocycles. The van der Waals surface area contributed by atoms with Crippen LogP contribution in [-0.4, -0.2) is 105 Å². The molecular formula is C21H40F3IN6O. The van der Waals surface area contributed by atoms with Crippen LogP contribution >= 0.6 is 24.0 Å². The summed E-state index contributed by atoms with van der Waals surface area (Å²) in [4.78, 5) is 21.8. The first-order chi connectivity index (χ1) is 14.7. The van der Waals surface area contributed by atoms with E-state index in [0.29, 0.717) is 37.6 Å². The van der Waals surface area contributed by atoms with Crippen molar-refractivity contribution in [3.8, 4) is 0 Å². The number of piperidine rings is 1. The molecule has 188 valence electrons. The van der Waals surface area contributed by atoms with E-state index in [9.17, 15) is 18.0 Å². The predicted octanol–water partition coefficient (Wildman–Crippen LogP) is 2.38. The quantitative estimate of drug-likeness (QED) is 0.251. The molecule has 2 heterocycles. The third kappa shape index (κ3) is 10.9. The maximum atomic E-state index is 12.5. The first-order valence-electron chi connectivity index (χ1n) is 11.4. The van der Waals surface area contributed by atoms with Gasteiger partial charge in [0.25, 0.3) is 0 Å². The molecule has 2 N–H and O–H groups in total. The zero-order chi connectivity index (χ0) is 22.9. The fourth-order valence-electron chi connectivity index (χ4n) is 4.30. The number of halogens is 4. The first-order valence-corrected chi connectivity index (χ1v) is 11.4. The highest BCUT2D eigenvalue weighted by Gasteiger charge is 2.32. The van der Waals surface area contributed by atoms with Crippen molar-refractivity contribution >= 4 is 35.8 Å². The number of hydrogen-bond acceptors (Lipinski definition) is 4. The van der Waals surface area contributed by atoms with E-state index in [1.807, 2.05) is 0 Å². The minimum atomic E-state index is -4.12. The molecule has 2 rings (SSSR count). The third-order valence-electron chi connectivity index (χ3n) is 6.24. The van der Waals surface area contributed by atoms with Gasteiger partial charge in [-0.05, 0) is 64.2 Å². The van der Waals surface area contributed by atoms with Gasteiger partial charge in [-0.2, -0.15) is 13.2 Å². The van der Waals surface area contributed by atoms with Crippen LogP contribution in [0, 0.1) is 5.92 Å². The number of likely N-dealkylation sites (N-methyl/N-ethyl adjacent to an activating group) is 2. The number of likely N-dealkylation sites (tertiary alicyclic amines) is 2. The maximum Gasteiger partial charge on any atom is 0.401 e. The number of nitrogens with zero attached hydrogens (tertiary/aromatic N) is 4. The van der Waals surface area contributed by atoms with Gasteiger partial charge in [0.2, 0.25) is 5.91 Å². The summed E-state index contributed by atoms with van der Waals surface area (Å²) in [6.07, 6.45) is 0.677. The summed E-state index contributed by atoms with van der Waals surface area (Å²) in [5.41, 5.74) is 0. The Morgan fingerprint density at radius 2 is 1.81 bits per heavy atom. The molecule has 0 aliphatic carbocycles. The second kappa shape index (κ2) is 14.4. The molecule has 2 aliphatic rings. The topological polar surface area (TPSA) is 63.2 Å². The number of nitrogens with one attached hydrogen (secondary N) is 2. The van der Waals surface area contributed by atoms with Gasteiger partial charge in [-0.3, -0.25) is 14.6 Å². The average Bonchev–Trinajstić information content (AvgIpc) is 3.17. The molecule has 0 spiro atoms. The summed E-state index contributed by atoms with van der Waals surface area (Å²) in [5.74, 6) is 0.980. The van der Waals surface area contributed by atoms with E-state index >= 15 is 0 Å². The van der Waals surface area contributed by atoms with Gasteiger partial charge < -0.3 is 15.5 Å². The third-order valence-corrected chi connectivity index (χ3v) is 6.24. The lowest BCUT2D eigenvalue weighted by Crippen LogP contribution is -2.46. The van der Waals surface area contributed by atoms with E-state index in [2.05, 4.69) is 27.4 Å². The lowest BCUT2D eigenvalue weighted by atomic mass is 9.93. The highest BCUT2D eigenvalue weighted by atomic mass is 127. The molecule has 1 unspecified atom stereocenters. The van der Waals surface area contributed by atoms with Gasteiger partial charge in [-0.15, -0.1) is 24.0 Å². The minimum Gasteiger partial charge on any atom is -0.356 e. The van der Waals surface area contributed by atoms with Gasteiger partial charge in [-0.1, -0.05) is 6.92 Å². The molecule has 0 saturated carbocycles. The van der Waals surface area contributed by atoms with E-state index in [-0.39, 0.29) is 36.4 Å². The van der Waals surface area contributed by atoms with Crippen LogP contribution in [0.4, 0.5) is 13.2 Å². The Kier molecular flexibility index (Phi) is 13.2. The zero-order valence-electron chi connectivity index (χ0n) is 19.6. The SMILES string of the molecule is CCN1CCCC1CNC(=NCC(=O)N(C)C)NCCC1CCN(CC(F)(F)F)CC1.I. The summed E-state index contributed by atoms with van der Waals surface area (Å²) < 4.78 is 37.6. The van der Waals surface area contributed by atoms with Gasteiger partial charge >= 0.3 is 6.18 Å². The van der Waals surface area contributed by atoms with E-state index in [1.54, 1.807) is 14.1 Å². The molecule has 0 bridgehead atoms. The van der Waals surface area contributed by atoms with Crippen LogP contribution < -0.4 is 10.6 Å². The molecule has 2 saturated heterocycles. The Bertz CT molecular complexity index is 582. The summed E-state index contributed by atoms with van der Waals surface area (Å²) in [6.45, 7) is 6.05. The fraction of sp³-hybridized carbons (Fsp3) is 0.905. The van der Waals surface area contributed by atoms with Crippen LogP contribution in [0.5, 0.6) is 0 Å². The Balaban J connectivity index is 0.00000512. The van der Waals surface area contributed by atoms with Crippen molar-refractivity contribution < 1.29 is 18.0 Å². The monoisotopic (exact) mass is 576 g/mol. The standard InChI is InChI=1S/C21H39F3N6O.HI/c1-4-30-11-5-6-18(30)14-26-20(27-15-19(31)28(2)3)25-10-7-17-8-12-29(13-9-17)16-21(22,23)24;/h17-18H,4-16H2,1-3H3,(H2,25,26,27);1H. The molecule has 0 radical (unpaired) electrons. The smallest absolute Gasteiger partial charge is 0.356 e. The van der Waals surface area contributed by atoms with E-state index < -0.39 is 12.7 Å². The van der Waals surface area contributed by atoms with Gasteiger partial charge in [0.05, 0.1) is 6.54 Å². The number of amides is 1. The Hall–Kier alpha value is -0.820. The van der Waals surface area contributed by atoms with Crippen molar-refractivity contribution in [2.45, 2.75) is 51.2 Å². The van der Waals surface area contributed by atoms with Gasteiger partial charge in [0.15, 0.2) is 5.96 Å². The van der Waals surface area contributed by atoms with Crippen LogP contribution in [0.3, 0.4) is 0 Å². The Labute approximate surface area is 207 Å². The number of aliphatic imine (C=N–C) groups is 1. The lowest BCUT2D eigenvalue weighted by Gasteiger charge is -2.32. The number of carbonyl (C=O) groups excluding carboxylic acids is 1. The van der Waals surface area contributed by atoms with Gasteiger partial charge in [0, 0.05) is 33.2 Å². The highest BCUT2D eigenvalue weighted by molar-refractivity contribution is 14.0. The number of carbonyl (C=O) groups is 1. The largest absolute Gasteiger partial charge is 0.401 e. The zero-order valence-corrected chi connectivity index (χ0v) is 21.9. The highest BCUT2D eigenvalue weighted by Crippen LogP contribution is 2.24. The normalized spacial score (nSPS) is 21.3. The molecule has 7 nitrogen and oxygen atoms in total. The summed E-state index contributed by atoms with van der Waals surface area (Å²) >= 11 is 0. The van der Waals surface area contributed by atoms with E-state index in [0.717, 1.165) is 45.3 Å². The summed E-state index contributed by atoms with van der Waals surface area (Å²) in [5, 5.41) is 6.71. The molecule has 32 heavy (non-hydrogen) atoms. The van der Waals surface area contributed by atoms with Crippen LogP contribution in [0.25, 0.3) is 0 Å². The van der Waals surface area contributed by atoms with Gasteiger partial charge in [-0.25, -0.2) is 4.99 Å². The average molecular weight is 576 g/mol. The van der Waals surface area contributed by atoms with Crippen molar-refractivity contribution in [2.75, 3.05) is 66.5 Å².